The first kappa shape index (κ1) is 15.0. The van der Waals surface area contributed by atoms with E-state index >= 15 is 0 Å². The van der Waals surface area contributed by atoms with E-state index in [1.165, 1.54) is 4.88 Å². The number of likely N-dealkylation sites (tertiary alicyclic amines) is 1. The minimum atomic E-state index is 0.216. The zero-order chi connectivity index (χ0) is 14.8. The smallest absolute Gasteiger partial charge is 0.237 e. The molecule has 5 heteroatoms. The lowest BCUT2D eigenvalue weighted by Gasteiger charge is -2.36. The van der Waals surface area contributed by atoms with Crippen molar-refractivity contribution in [1.29, 1.82) is 0 Å². The van der Waals surface area contributed by atoms with E-state index < -0.39 is 0 Å². The molecule has 1 aromatic rings. The van der Waals surface area contributed by atoms with Crippen LogP contribution in [-0.2, 0) is 9.53 Å². The summed E-state index contributed by atoms with van der Waals surface area (Å²) in [7, 11) is 0. The fourth-order valence-corrected chi connectivity index (χ4v) is 4.41. The Morgan fingerprint density at radius 3 is 2.81 bits per heavy atom. The van der Waals surface area contributed by atoms with E-state index in [0.717, 1.165) is 32.5 Å². The molecule has 3 rings (SSSR count). The van der Waals surface area contributed by atoms with Crippen molar-refractivity contribution >= 4 is 17.2 Å². The number of amides is 1. The number of hydrogen-bond acceptors (Lipinski definition) is 4. The van der Waals surface area contributed by atoms with Crippen LogP contribution in [0, 0.1) is 0 Å². The molecule has 0 unspecified atom stereocenters. The summed E-state index contributed by atoms with van der Waals surface area (Å²) in [6.45, 7) is 7.30. The second-order valence-corrected chi connectivity index (χ2v) is 7.19. The lowest BCUT2D eigenvalue weighted by Crippen LogP contribution is -2.49. The van der Waals surface area contributed by atoms with Crippen LogP contribution < -0.4 is 0 Å². The third kappa shape index (κ3) is 3.47. The van der Waals surface area contributed by atoms with Crippen LogP contribution in [0.1, 0.15) is 37.6 Å². The molecule has 2 saturated heterocycles. The van der Waals surface area contributed by atoms with Crippen molar-refractivity contribution in [2.75, 3.05) is 26.2 Å². The van der Waals surface area contributed by atoms with Gasteiger partial charge in [0.25, 0.3) is 0 Å². The third-order valence-corrected chi connectivity index (χ3v) is 5.27. The highest BCUT2D eigenvalue weighted by Gasteiger charge is 2.32. The average Bonchev–Trinajstić information content (AvgIpc) is 3.08. The third-order valence-electron chi connectivity index (χ3n) is 4.30. The summed E-state index contributed by atoms with van der Waals surface area (Å²) in [5, 5.41) is 2.10. The van der Waals surface area contributed by atoms with E-state index in [2.05, 4.69) is 41.2 Å². The molecule has 116 valence electrons. The van der Waals surface area contributed by atoms with Gasteiger partial charge in [0.15, 0.2) is 0 Å². The van der Waals surface area contributed by atoms with Gasteiger partial charge in [0, 0.05) is 24.5 Å². The molecule has 0 spiro atoms. The minimum absolute atomic E-state index is 0.216. The number of carbonyl (C=O) groups excluding carboxylic acids is 1. The lowest BCUT2D eigenvalue weighted by molar-refractivity contribution is -0.136. The molecule has 0 saturated carbocycles. The van der Waals surface area contributed by atoms with Crippen LogP contribution in [0.25, 0.3) is 0 Å². The number of thiophene rings is 1. The van der Waals surface area contributed by atoms with Gasteiger partial charge in [0.05, 0.1) is 24.8 Å². The average molecular weight is 308 g/mol. The molecule has 3 heterocycles. The van der Waals surface area contributed by atoms with E-state index in [0.29, 0.717) is 12.6 Å². The molecule has 21 heavy (non-hydrogen) atoms. The zero-order valence-electron chi connectivity index (χ0n) is 12.8. The predicted molar refractivity (Wildman–Crippen MR) is 84.5 cm³/mol. The van der Waals surface area contributed by atoms with Gasteiger partial charge in [-0.05, 0) is 38.1 Å². The number of ether oxygens (including phenoxy) is 1. The van der Waals surface area contributed by atoms with Gasteiger partial charge in [-0.2, -0.15) is 0 Å². The van der Waals surface area contributed by atoms with Gasteiger partial charge in [-0.15, -0.1) is 11.3 Å². The van der Waals surface area contributed by atoms with Gasteiger partial charge in [-0.1, -0.05) is 6.07 Å². The monoisotopic (exact) mass is 308 g/mol. The Morgan fingerprint density at radius 1 is 1.38 bits per heavy atom. The lowest BCUT2D eigenvalue weighted by atomic mass is 10.2. The second-order valence-electron chi connectivity index (χ2n) is 6.21. The van der Waals surface area contributed by atoms with Gasteiger partial charge in [-0.25, -0.2) is 0 Å². The Balaban J connectivity index is 1.62. The molecule has 2 aliphatic rings. The van der Waals surface area contributed by atoms with E-state index in [1.54, 1.807) is 11.3 Å². The molecule has 0 bridgehead atoms. The molecule has 2 aliphatic heterocycles. The minimum Gasteiger partial charge on any atom is -0.373 e. The molecule has 4 nitrogen and oxygen atoms in total. The molecule has 0 aromatic carbocycles. The van der Waals surface area contributed by atoms with Gasteiger partial charge >= 0.3 is 0 Å². The van der Waals surface area contributed by atoms with Crippen molar-refractivity contribution in [1.82, 2.24) is 9.80 Å². The Kier molecular flexibility index (Phi) is 4.62. The molecule has 1 aromatic heterocycles. The quantitative estimate of drug-likeness (QED) is 0.860. The molecule has 0 aliphatic carbocycles. The maximum Gasteiger partial charge on any atom is 0.237 e. The van der Waals surface area contributed by atoms with Crippen LogP contribution in [0.3, 0.4) is 0 Å². The van der Waals surface area contributed by atoms with Gasteiger partial charge < -0.3 is 9.64 Å². The van der Waals surface area contributed by atoms with Crippen LogP contribution in [-0.4, -0.2) is 54.1 Å². The molecular formula is C16H24N2O2S. The van der Waals surface area contributed by atoms with Gasteiger partial charge in [-0.3, -0.25) is 9.69 Å². The topological polar surface area (TPSA) is 32.8 Å². The molecular weight excluding hydrogens is 284 g/mol. The largest absolute Gasteiger partial charge is 0.373 e. The SMILES string of the molecule is C[C@@H]1CN(CC(=O)N2CCC[C@@H]2c2cccs2)C[C@@H](C)O1. The van der Waals surface area contributed by atoms with Crippen molar-refractivity contribution in [3.63, 3.8) is 0 Å². The Labute approximate surface area is 130 Å². The Bertz CT molecular complexity index is 467. The normalized spacial score (nSPS) is 30.8. The van der Waals surface area contributed by atoms with Crippen LogP contribution in [0.15, 0.2) is 17.5 Å². The van der Waals surface area contributed by atoms with Crippen molar-refractivity contribution in [2.24, 2.45) is 0 Å². The summed E-state index contributed by atoms with van der Waals surface area (Å²) in [6.07, 6.45) is 2.65. The van der Waals surface area contributed by atoms with E-state index in [1.807, 2.05) is 0 Å². The highest BCUT2D eigenvalue weighted by atomic mass is 32.1. The molecule has 0 radical (unpaired) electrons. The van der Waals surface area contributed by atoms with Crippen LogP contribution >= 0.6 is 11.3 Å². The summed E-state index contributed by atoms with van der Waals surface area (Å²) < 4.78 is 5.74. The maximum absolute atomic E-state index is 12.7. The Morgan fingerprint density at radius 2 is 2.14 bits per heavy atom. The van der Waals surface area contributed by atoms with Crippen LogP contribution in [0.2, 0.25) is 0 Å². The van der Waals surface area contributed by atoms with Crippen molar-refractivity contribution in [3.05, 3.63) is 22.4 Å². The number of carbonyl (C=O) groups is 1. The fourth-order valence-electron chi connectivity index (χ4n) is 3.54. The van der Waals surface area contributed by atoms with Crippen molar-refractivity contribution < 1.29 is 9.53 Å². The highest BCUT2D eigenvalue weighted by Crippen LogP contribution is 2.34. The number of hydrogen-bond donors (Lipinski definition) is 0. The first-order valence-electron chi connectivity index (χ1n) is 7.84. The zero-order valence-corrected chi connectivity index (χ0v) is 13.6. The molecule has 0 N–H and O–H groups in total. The van der Waals surface area contributed by atoms with Crippen molar-refractivity contribution in [2.45, 2.75) is 44.9 Å². The van der Waals surface area contributed by atoms with E-state index in [9.17, 15) is 4.79 Å². The van der Waals surface area contributed by atoms with Crippen LogP contribution in [0.4, 0.5) is 0 Å². The summed E-state index contributed by atoms with van der Waals surface area (Å²) in [6, 6.07) is 4.53. The van der Waals surface area contributed by atoms with Gasteiger partial charge in [0.2, 0.25) is 5.91 Å². The molecule has 2 fully saturated rings. The number of morpholine rings is 1. The standard InChI is InChI=1S/C16H24N2O2S/c1-12-9-17(10-13(2)20-12)11-16(19)18-7-3-5-14(18)15-6-4-8-21-15/h4,6,8,12-14H,3,5,7,9-11H2,1-2H3/t12-,13-,14-/m1/s1. The second kappa shape index (κ2) is 6.46. The predicted octanol–water partition coefficient (Wildman–Crippen LogP) is 2.52. The summed E-state index contributed by atoms with van der Waals surface area (Å²) in [4.78, 5) is 18.3. The Hall–Kier alpha value is -0.910. The van der Waals surface area contributed by atoms with E-state index in [-0.39, 0.29) is 18.1 Å². The number of nitrogens with zero attached hydrogens (tertiary/aromatic N) is 2. The molecule has 1 amide bonds. The first-order valence-corrected chi connectivity index (χ1v) is 8.72. The maximum atomic E-state index is 12.7. The summed E-state index contributed by atoms with van der Waals surface area (Å²) in [5.41, 5.74) is 0. The fraction of sp³-hybridized carbons (Fsp3) is 0.688. The van der Waals surface area contributed by atoms with Gasteiger partial charge in [0.1, 0.15) is 0 Å². The highest BCUT2D eigenvalue weighted by molar-refractivity contribution is 7.10. The summed E-state index contributed by atoms with van der Waals surface area (Å²) in [5.74, 6) is 0.271. The molecule has 3 atom stereocenters. The van der Waals surface area contributed by atoms with Crippen LogP contribution in [0.5, 0.6) is 0 Å². The first-order chi connectivity index (χ1) is 10.1. The summed E-state index contributed by atoms with van der Waals surface area (Å²) >= 11 is 1.76. The van der Waals surface area contributed by atoms with Crippen molar-refractivity contribution in [3.8, 4) is 0 Å². The number of rotatable bonds is 3. The van der Waals surface area contributed by atoms with E-state index in [4.69, 9.17) is 4.74 Å².